The van der Waals surface area contributed by atoms with Crippen molar-refractivity contribution in [3.05, 3.63) is 46.7 Å². The first kappa shape index (κ1) is 31.5. The van der Waals surface area contributed by atoms with Crippen molar-refractivity contribution in [1.29, 1.82) is 5.26 Å². The number of piperidine rings is 1. The molecule has 4 aliphatic rings. The summed E-state index contributed by atoms with van der Waals surface area (Å²) in [5.41, 5.74) is 1.52. The molecule has 45 heavy (non-hydrogen) atoms. The van der Waals surface area contributed by atoms with Crippen LogP contribution in [0.5, 0.6) is 6.01 Å². The molecule has 4 heterocycles. The van der Waals surface area contributed by atoms with Gasteiger partial charge < -0.3 is 25.6 Å². The van der Waals surface area contributed by atoms with Gasteiger partial charge in [-0.2, -0.15) is 28.4 Å². The Morgan fingerprint density at radius 1 is 1.16 bits per heavy atom. The van der Waals surface area contributed by atoms with Gasteiger partial charge in [0.1, 0.15) is 23.2 Å². The first-order valence-corrected chi connectivity index (χ1v) is 15.3. The van der Waals surface area contributed by atoms with Crippen molar-refractivity contribution >= 4 is 16.7 Å². The SMILES string of the molecule is C[C@H]1CCN(C)C[C@@]1(C)COc1nc(N2C[C@H]3CC[C@@H](C2)N3)c2cc(F)c(C3(C)C=C(N)C(C#N)=CC3C(F)(F)F)c(F)c2n1. The summed E-state index contributed by atoms with van der Waals surface area (Å²) in [4.78, 5) is 13.2. The van der Waals surface area contributed by atoms with Crippen LogP contribution >= 0.6 is 0 Å². The Hall–Kier alpha value is -3.50. The zero-order valence-electron chi connectivity index (χ0n) is 25.8. The van der Waals surface area contributed by atoms with E-state index < -0.39 is 40.3 Å². The van der Waals surface area contributed by atoms with Crippen LogP contribution in [-0.2, 0) is 5.41 Å². The molecule has 0 saturated carbocycles. The Labute approximate surface area is 259 Å². The number of nitrogens with zero attached hydrogens (tertiary/aromatic N) is 5. The van der Waals surface area contributed by atoms with Crippen LogP contribution in [0.25, 0.3) is 10.9 Å². The summed E-state index contributed by atoms with van der Waals surface area (Å²) < 4.78 is 82.4. The van der Waals surface area contributed by atoms with Crippen LogP contribution in [0, 0.1) is 40.2 Å². The number of anilines is 1. The number of hydrogen-bond acceptors (Lipinski definition) is 8. The Kier molecular flexibility index (Phi) is 7.76. The standard InChI is InChI=1S/C32H38F5N7O/c1-17-7-8-43(4)15-30(17,2)16-45-29-41-27-21(28(42-29)44-13-19-5-6-20(14-44)40-19)10-22(33)25(26(27)34)31(3)11-23(39)18(12-38)9-24(31)32(35,36)37/h9-11,17,19-20,24,40H,5-8,13-16,39H2,1-4H3/t17-,19-,20+,24?,30-,31?/m0/s1. The van der Waals surface area contributed by atoms with Crippen LogP contribution < -0.4 is 20.7 Å². The van der Waals surface area contributed by atoms with Crippen molar-refractivity contribution < 1.29 is 26.7 Å². The average Bonchev–Trinajstić information content (AvgIpc) is 3.30. The minimum Gasteiger partial charge on any atom is -0.463 e. The smallest absolute Gasteiger partial charge is 0.396 e. The maximum absolute atomic E-state index is 16.8. The van der Waals surface area contributed by atoms with Gasteiger partial charge in [0.15, 0.2) is 5.82 Å². The minimum absolute atomic E-state index is 0.0487. The molecule has 1 aromatic carbocycles. The molecule has 2 aromatic rings. The molecule has 0 spiro atoms. The molecule has 1 aromatic heterocycles. The Morgan fingerprint density at radius 3 is 2.49 bits per heavy atom. The van der Waals surface area contributed by atoms with Crippen LogP contribution in [-0.4, -0.2) is 73.0 Å². The van der Waals surface area contributed by atoms with Gasteiger partial charge in [-0.05, 0) is 50.9 Å². The Balaban J connectivity index is 1.50. The first-order chi connectivity index (χ1) is 21.1. The first-order valence-electron chi connectivity index (χ1n) is 15.3. The van der Waals surface area contributed by atoms with Gasteiger partial charge in [0.2, 0.25) is 0 Å². The third kappa shape index (κ3) is 5.50. The number of fused-ring (bicyclic) bond motifs is 3. The predicted molar refractivity (Wildman–Crippen MR) is 159 cm³/mol. The van der Waals surface area contributed by atoms with E-state index in [2.05, 4.69) is 34.0 Å². The number of rotatable bonds is 5. The molecule has 2 unspecified atom stereocenters. The number of nitrogens with two attached hydrogens (primary N) is 1. The number of nitriles is 1. The van der Waals surface area contributed by atoms with Gasteiger partial charge in [-0.3, -0.25) is 0 Å². The lowest BCUT2D eigenvalue weighted by Gasteiger charge is -2.43. The van der Waals surface area contributed by atoms with Gasteiger partial charge in [-0.25, -0.2) is 8.78 Å². The maximum atomic E-state index is 16.8. The van der Waals surface area contributed by atoms with E-state index >= 15 is 8.78 Å². The van der Waals surface area contributed by atoms with Gasteiger partial charge in [0, 0.05) is 59.2 Å². The number of halogens is 5. The molecule has 8 nitrogen and oxygen atoms in total. The lowest BCUT2D eigenvalue weighted by Crippen LogP contribution is -2.51. The normalized spacial score (nSPS) is 32.3. The van der Waals surface area contributed by atoms with E-state index in [1.807, 2.05) is 11.9 Å². The number of aromatic nitrogens is 2. The third-order valence-corrected chi connectivity index (χ3v) is 10.4. The second-order valence-corrected chi connectivity index (χ2v) is 13.8. The molecule has 242 valence electrons. The predicted octanol–water partition coefficient (Wildman–Crippen LogP) is 4.95. The van der Waals surface area contributed by atoms with E-state index in [1.54, 1.807) is 6.07 Å². The van der Waals surface area contributed by atoms with Crippen LogP contribution in [0.4, 0.5) is 27.8 Å². The zero-order chi connectivity index (χ0) is 32.5. The highest BCUT2D eigenvalue weighted by Crippen LogP contribution is 2.50. The largest absolute Gasteiger partial charge is 0.463 e. The molecule has 3 N–H and O–H groups in total. The monoisotopic (exact) mass is 631 g/mol. The van der Waals surface area contributed by atoms with Gasteiger partial charge in [-0.15, -0.1) is 0 Å². The highest BCUT2D eigenvalue weighted by Gasteiger charge is 2.54. The fourth-order valence-electron chi connectivity index (χ4n) is 7.65. The summed E-state index contributed by atoms with van der Waals surface area (Å²) >= 11 is 0. The number of ether oxygens (including phenoxy) is 1. The van der Waals surface area contributed by atoms with E-state index in [0.29, 0.717) is 25.1 Å². The number of hydrogen-bond donors (Lipinski definition) is 2. The summed E-state index contributed by atoms with van der Waals surface area (Å²) in [6.07, 6.45) is -0.504. The minimum atomic E-state index is -4.94. The third-order valence-electron chi connectivity index (χ3n) is 10.4. The second kappa shape index (κ2) is 11.1. The van der Waals surface area contributed by atoms with Crippen molar-refractivity contribution in [2.24, 2.45) is 23.0 Å². The van der Waals surface area contributed by atoms with Crippen molar-refractivity contribution in [3.63, 3.8) is 0 Å². The van der Waals surface area contributed by atoms with E-state index in [0.717, 1.165) is 51.4 Å². The summed E-state index contributed by atoms with van der Waals surface area (Å²) in [6.45, 7) is 8.39. The van der Waals surface area contributed by atoms with Gasteiger partial charge in [0.05, 0.1) is 18.1 Å². The van der Waals surface area contributed by atoms with Crippen molar-refractivity contribution in [2.45, 2.75) is 63.7 Å². The molecule has 0 radical (unpaired) electrons. The fourth-order valence-corrected chi connectivity index (χ4v) is 7.65. The molecule has 3 aliphatic heterocycles. The highest BCUT2D eigenvalue weighted by molar-refractivity contribution is 5.91. The van der Waals surface area contributed by atoms with Crippen molar-refractivity contribution in [1.82, 2.24) is 20.2 Å². The molecule has 0 amide bonds. The summed E-state index contributed by atoms with van der Waals surface area (Å²) in [5.74, 6) is -4.25. The molecule has 3 saturated heterocycles. The molecular weight excluding hydrogens is 593 g/mol. The Morgan fingerprint density at radius 2 is 1.84 bits per heavy atom. The molecule has 3 fully saturated rings. The van der Waals surface area contributed by atoms with Crippen LogP contribution in [0.1, 0.15) is 45.6 Å². The lowest BCUT2D eigenvalue weighted by molar-refractivity contribution is -0.174. The van der Waals surface area contributed by atoms with E-state index in [-0.39, 0.29) is 52.5 Å². The van der Waals surface area contributed by atoms with Crippen LogP contribution in [0.3, 0.4) is 0 Å². The molecule has 13 heteroatoms. The topological polar surface area (TPSA) is 103 Å². The van der Waals surface area contributed by atoms with Crippen molar-refractivity contribution in [2.75, 3.05) is 44.7 Å². The summed E-state index contributed by atoms with van der Waals surface area (Å²) in [5, 5.41) is 12.9. The van der Waals surface area contributed by atoms with Crippen LogP contribution in [0.15, 0.2) is 29.5 Å². The summed E-state index contributed by atoms with van der Waals surface area (Å²) in [7, 11) is 2.04. The molecular formula is C32H38F5N7O. The van der Waals surface area contributed by atoms with Crippen molar-refractivity contribution in [3.8, 4) is 12.1 Å². The van der Waals surface area contributed by atoms with E-state index in [4.69, 9.17) is 10.5 Å². The average molecular weight is 632 g/mol. The zero-order valence-corrected chi connectivity index (χ0v) is 25.8. The van der Waals surface area contributed by atoms with E-state index in [9.17, 15) is 18.4 Å². The molecule has 6 atom stereocenters. The number of likely N-dealkylation sites (tertiary alicyclic amines) is 1. The molecule has 1 aliphatic carbocycles. The number of piperazine rings is 1. The second-order valence-electron chi connectivity index (χ2n) is 13.8. The Bertz CT molecular complexity index is 1610. The lowest BCUT2D eigenvalue weighted by atomic mass is 9.67. The maximum Gasteiger partial charge on any atom is 0.396 e. The van der Waals surface area contributed by atoms with Gasteiger partial charge in [0.25, 0.3) is 0 Å². The highest BCUT2D eigenvalue weighted by atomic mass is 19.4. The van der Waals surface area contributed by atoms with Gasteiger partial charge in [-0.1, -0.05) is 26.8 Å². The number of alkyl halides is 3. The number of nitrogens with one attached hydrogen (secondary N) is 1. The number of allylic oxidation sites excluding steroid dienone is 3. The molecule has 2 bridgehead atoms. The van der Waals surface area contributed by atoms with Gasteiger partial charge >= 0.3 is 12.2 Å². The molecule has 6 rings (SSSR count). The summed E-state index contributed by atoms with van der Waals surface area (Å²) in [6, 6.07) is 2.89. The fraction of sp³-hybridized carbons (Fsp3) is 0.594. The quantitative estimate of drug-likeness (QED) is 0.448. The van der Waals surface area contributed by atoms with Crippen LogP contribution in [0.2, 0.25) is 0 Å². The number of benzene rings is 1. The van der Waals surface area contributed by atoms with E-state index in [1.165, 1.54) is 0 Å².